The number of unbranched alkanes of at least 4 members (excludes halogenated alkanes) is 10. The number of phosphoric ester groups is 2. The minimum atomic E-state index is -5.48. The molecule has 3 unspecified atom stereocenters. The molecule has 1 saturated heterocycles. The molecule has 7 N–H and O–H groups in total. The third-order valence-electron chi connectivity index (χ3n) is 11.3. The van der Waals surface area contributed by atoms with Crippen molar-refractivity contribution in [3.63, 3.8) is 0 Å². The average Bonchev–Trinajstić information content (AvgIpc) is 3.65. The molecule has 2 rings (SSSR count). The molecule has 0 saturated carbocycles. The fourth-order valence-corrected chi connectivity index (χ4v) is 9.27. The van der Waals surface area contributed by atoms with Crippen molar-refractivity contribution in [3.8, 4) is 0 Å². The largest absolute Gasteiger partial charge is 0.481 e. The summed E-state index contributed by atoms with van der Waals surface area (Å²) in [4.78, 5) is 62.0. The number of aromatic nitrogens is 2. The maximum Gasteiger partial charge on any atom is 0.481 e. The van der Waals surface area contributed by atoms with E-state index >= 15 is 0 Å². The number of carbonyl (C=O) groups excluding carboxylic acids is 2. The summed E-state index contributed by atoms with van der Waals surface area (Å²) in [5, 5.41) is 31.3. The maximum absolute atomic E-state index is 12.9. The van der Waals surface area contributed by atoms with Gasteiger partial charge in [-0.05, 0) is 83.1 Å². The summed E-state index contributed by atoms with van der Waals surface area (Å²) in [5.41, 5.74) is 4.57. The zero-order valence-corrected chi connectivity index (χ0v) is 45.7. The molecule has 19 nitrogen and oxygen atoms in total. The highest BCUT2D eigenvalue weighted by Gasteiger charge is 2.46. The maximum atomic E-state index is 12.9. The Morgan fingerprint density at radius 2 is 1.28 bits per heavy atom. The van der Waals surface area contributed by atoms with Crippen LogP contribution < -0.4 is 11.4 Å². The van der Waals surface area contributed by atoms with Crippen molar-refractivity contribution in [1.29, 1.82) is 0 Å². The monoisotopic (exact) mass is 1090 g/mol. The lowest BCUT2D eigenvalue weighted by atomic mass is 10.1. The average molecular weight is 1090 g/mol. The van der Waals surface area contributed by atoms with Crippen LogP contribution in [0, 0.1) is 0 Å². The van der Waals surface area contributed by atoms with Gasteiger partial charge in [-0.15, -0.1) is 0 Å². The summed E-state index contributed by atoms with van der Waals surface area (Å²) in [5.74, 6) is -1.61. The van der Waals surface area contributed by atoms with Gasteiger partial charge in [0.05, 0.1) is 19.3 Å². The summed E-state index contributed by atoms with van der Waals surface area (Å²) < 4.78 is 56.6. The highest BCUT2D eigenvalue weighted by Crippen LogP contribution is 2.60. The van der Waals surface area contributed by atoms with Gasteiger partial charge in [-0.2, -0.15) is 9.29 Å². The molecule has 1 aliphatic heterocycles. The SMILES string of the molecule is CC/C=C\C/C=C\C/C=C\C/C=C\C/C=C\C=C/C(O)CCC(=O)OC[C@H](COP(=O)(O)OP(=O)(O)OC[C@H]1O[C@@H](n2ccc(N)nc2=O)[C@H](O)[C@@H]1O)OC(=O)CCCCCCCCC/C=C\C/C=C\CCCCC. The summed E-state index contributed by atoms with van der Waals surface area (Å²) in [6.45, 7) is 1.77. The third kappa shape index (κ3) is 33.4. The number of phosphoric acid groups is 2. The minimum absolute atomic E-state index is 0.000280. The second kappa shape index (κ2) is 40.8. The highest BCUT2D eigenvalue weighted by molar-refractivity contribution is 7.61. The lowest BCUT2D eigenvalue weighted by Gasteiger charge is -2.21. The van der Waals surface area contributed by atoms with Crippen LogP contribution in [0.3, 0.4) is 0 Å². The number of nitrogens with two attached hydrogens (primary N) is 1. The van der Waals surface area contributed by atoms with E-state index in [0.29, 0.717) is 12.8 Å². The number of rotatable bonds is 42. The Morgan fingerprint density at radius 1 is 0.720 bits per heavy atom. The van der Waals surface area contributed by atoms with Crippen molar-refractivity contribution >= 4 is 33.4 Å². The smallest absolute Gasteiger partial charge is 0.462 e. The molecule has 75 heavy (non-hydrogen) atoms. The fraction of sp³-hybridized carbons (Fsp3) is 0.593. The standard InChI is InChI=1S/C54H85N3O16P2/c1-3-5-7-9-11-13-15-17-19-21-23-25-27-29-31-33-35-37-50(60)71-46(42-68-49(59)39-38-45(58)36-34-32-30-28-26-24-22-20-18-16-14-12-10-8-6-4-2)43-69-74(64,65)73-75(66,67)70-44-47-51(61)52(62)53(72-47)57-41-40-48(55)56-54(57)63/h6,8,11-14,17-20,24,26,30,32,34,36,40-41,45-47,51-53,58,61-62H,3-5,7,9-10,15-16,21-23,25,27-29,31,33,35,37-39,42-44H2,1-2H3,(H,64,65)(H,66,67)(H2,55,56,63)/b8-6-,13-11-,14-12-,19-17-,20-18-,26-24-,32-30-,36-34-/t45?,46-,47-,51-,52-,53-/m1/s1. The Labute approximate surface area is 443 Å². The molecule has 1 fully saturated rings. The van der Waals surface area contributed by atoms with Crippen LogP contribution in [0.25, 0.3) is 0 Å². The van der Waals surface area contributed by atoms with E-state index < -0.39 is 89.8 Å². The van der Waals surface area contributed by atoms with Crippen LogP contribution in [0.15, 0.2) is 114 Å². The molecule has 2 heterocycles. The summed E-state index contributed by atoms with van der Waals surface area (Å²) in [7, 11) is -11.0. The molecular weight excluding hydrogens is 1010 g/mol. The predicted octanol–water partition coefficient (Wildman–Crippen LogP) is 10.2. The highest BCUT2D eigenvalue weighted by atomic mass is 31.3. The molecule has 0 radical (unpaired) electrons. The van der Waals surface area contributed by atoms with Crippen molar-refractivity contribution in [1.82, 2.24) is 9.55 Å². The van der Waals surface area contributed by atoms with E-state index in [1.165, 1.54) is 31.4 Å². The number of carbonyl (C=O) groups is 2. The van der Waals surface area contributed by atoms with E-state index in [0.717, 1.165) is 94.2 Å². The number of allylic oxidation sites excluding steroid dienone is 15. The van der Waals surface area contributed by atoms with Gasteiger partial charge in [0.25, 0.3) is 0 Å². The van der Waals surface area contributed by atoms with Crippen LogP contribution in [0.2, 0.25) is 0 Å². The molecular formula is C54H85N3O16P2. The molecule has 0 bridgehead atoms. The number of hydrogen-bond acceptors (Lipinski definition) is 16. The Hall–Kier alpha value is -4.36. The zero-order valence-electron chi connectivity index (χ0n) is 43.9. The first-order valence-corrected chi connectivity index (χ1v) is 29.3. The van der Waals surface area contributed by atoms with E-state index in [-0.39, 0.29) is 25.1 Å². The number of ether oxygens (including phenoxy) is 3. The summed E-state index contributed by atoms with van der Waals surface area (Å²) >= 11 is 0. The number of esters is 2. The Morgan fingerprint density at radius 3 is 1.89 bits per heavy atom. The van der Waals surface area contributed by atoms with E-state index in [1.54, 1.807) is 12.2 Å². The number of nitrogens with zero attached hydrogens (tertiary/aromatic N) is 2. The van der Waals surface area contributed by atoms with Crippen LogP contribution in [0.4, 0.5) is 5.82 Å². The van der Waals surface area contributed by atoms with Crippen LogP contribution >= 0.6 is 15.6 Å². The molecule has 1 aromatic rings. The fourth-order valence-electron chi connectivity index (χ4n) is 7.16. The van der Waals surface area contributed by atoms with Crippen LogP contribution in [-0.4, -0.2) is 96.9 Å². The Kier molecular flexibility index (Phi) is 36.3. The number of anilines is 1. The van der Waals surface area contributed by atoms with Gasteiger partial charge in [-0.3, -0.25) is 23.2 Å². The molecule has 1 aromatic heterocycles. The molecule has 0 spiro atoms. The first-order valence-electron chi connectivity index (χ1n) is 26.4. The number of aliphatic hydroxyl groups is 3. The van der Waals surface area contributed by atoms with Crippen molar-refractivity contribution < 1.29 is 71.4 Å². The summed E-state index contributed by atoms with van der Waals surface area (Å²) in [6.07, 6.45) is 42.3. The Balaban J connectivity index is 1.86. The molecule has 1 aliphatic rings. The Bertz CT molecular complexity index is 2150. The van der Waals surface area contributed by atoms with Crippen molar-refractivity contribution in [2.75, 3.05) is 25.6 Å². The summed E-state index contributed by atoms with van der Waals surface area (Å²) in [6, 6.07) is 1.23. The predicted molar refractivity (Wildman–Crippen MR) is 290 cm³/mol. The number of aliphatic hydroxyl groups excluding tert-OH is 3. The molecule has 21 heteroatoms. The number of hydrogen-bond donors (Lipinski definition) is 6. The lowest BCUT2D eigenvalue weighted by molar-refractivity contribution is -0.161. The van der Waals surface area contributed by atoms with Gasteiger partial charge < -0.3 is 45.1 Å². The molecule has 8 atom stereocenters. The van der Waals surface area contributed by atoms with E-state index in [1.807, 2.05) is 12.2 Å². The number of nitrogen functional groups attached to an aromatic ring is 1. The topological polar surface area (TPSA) is 286 Å². The molecule has 0 aliphatic carbocycles. The van der Waals surface area contributed by atoms with E-state index in [9.17, 15) is 48.6 Å². The van der Waals surface area contributed by atoms with Gasteiger partial charge in [-0.1, -0.05) is 156 Å². The second-order valence-corrected chi connectivity index (χ2v) is 20.9. The van der Waals surface area contributed by atoms with Gasteiger partial charge in [-0.25, -0.2) is 13.9 Å². The van der Waals surface area contributed by atoms with Gasteiger partial charge >= 0.3 is 33.3 Å². The minimum Gasteiger partial charge on any atom is -0.462 e. The van der Waals surface area contributed by atoms with Crippen molar-refractivity contribution in [2.24, 2.45) is 0 Å². The van der Waals surface area contributed by atoms with Crippen LogP contribution in [0.5, 0.6) is 0 Å². The zero-order chi connectivity index (χ0) is 55.0. The first-order chi connectivity index (χ1) is 36.1. The van der Waals surface area contributed by atoms with Crippen molar-refractivity contribution in [2.45, 2.75) is 185 Å². The second-order valence-electron chi connectivity index (χ2n) is 17.8. The molecule has 422 valence electrons. The van der Waals surface area contributed by atoms with E-state index in [4.69, 9.17) is 29.0 Å². The van der Waals surface area contributed by atoms with E-state index in [2.05, 4.69) is 90.0 Å². The quantitative estimate of drug-likeness (QED) is 0.0117. The third-order valence-corrected chi connectivity index (χ3v) is 13.9. The molecule has 0 aromatic carbocycles. The lowest BCUT2D eigenvalue weighted by Crippen LogP contribution is -2.36. The van der Waals surface area contributed by atoms with Crippen LogP contribution in [-0.2, 0) is 46.3 Å². The van der Waals surface area contributed by atoms with Gasteiger partial charge in [0, 0.05) is 19.0 Å². The van der Waals surface area contributed by atoms with Crippen LogP contribution in [0.1, 0.15) is 155 Å². The molecule has 0 amide bonds. The van der Waals surface area contributed by atoms with Gasteiger partial charge in [0.1, 0.15) is 30.7 Å². The van der Waals surface area contributed by atoms with Gasteiger partial charge in [0.2, 0.25) is 0 Å². The first kappa shape index (κ1) is 66.8. The van der Waals surface area contributed by atoms with Gasteiger partial charge in [0.15, 0.2) is 12.3 Å². The normalized spacial score (nSPS) is 20.0. The van der Waals surface area contributed by atoms with Crippen molar-refractivity contribution in [3.05, 3.63) is 120 Å².